The third-order valence-corrected chi connectivity index (χ3v) is 3.48. The first-order valence-electron chi connectivity index (χ1n) is 7.69. The van der Waals surface area contributed by atoms with Gasteiger partial charge in [-0.1, -0.05) is 17.7 Å². The highest BCUT2D eigenvalue weighted by molar-refractivity contribution is 6.00. The Morgan fingerprint density at radius 3 is 2.07 bits per heavy atom. The molecule has 0 saturated carbocycles. The van der Waals surface area contributed by atoms with E-state index in [4.69, 9.17) is 4.74 Å². The van der Waals surface area contributed by atoms with Gasteiger partial charge >= 0.3 is 0 Å². The zero-order valence-corrected chi connectivity index (χ0v) is 14.2. The monoisotopic (exact) mass is 373 g/mol. The van der Waals surface area contributed by atoms with Crippen LogP contribution in [-0.2, 0) is 4.79 Å². The normalized spacial score (nSPS) is 10.1. The number of carbonyl (C=O) groups is 2. The number of ether oxygens (including phenoxy) is 1. The summed E-state index contributed by atoms with van der Waals surface area (Å²) in [6.45, 7) is 1.10. The minimum absolute atomic E-state index is 0.240. The molecular formula is C17H15N3O7. The lowest BCUT2D eigenvalue weighted by Crippen LogP contribution is -2.33. The van der Waals surface area contributed by atoms with Crippen molar-refractivity contribution >= 4 is 23.1 Å². The zero-order chi connectivity index (χ0) is 20.0. The molecule has 2 aromatic carbocycles. The van der Waals surface area contributed by atoms with Gasteiger partial charge in [0, 0.05) is 17.7 Å². The number of carbonyl (C=O) groups excluding carboxylic acids is 2. The number of ketones is 1. The van der Waals surface area contributed by atoms with Gasteiger partial charge in [-0.2, -0.15) is 0 Å². The topological polar surface area (TPSA) is 142 Å². The van der Waals surface area contributed by atoms with Gasteiger partial charge in [0.2, 0.25) is 0 Å². The molecule has 0 aliphatic heterocycles. The van der Waals surface area contributed by atoms with Crippen molar-refractivity contribution in [3.05, 3.63) is 73.8 Å². The number of Topliss-reactive ketones (excluding diaryl/α,β-unsaturated/α-hetero) is 1. The van der Waals surface area contributed by atoms with Gasteiger partial charge in [0.15, 0.2) is 12.4 Å². The highest BCUT2D eigenvalue weighted by Gasteiger charge is 2.20. The average molecular weight is 373 g/mol. The summed E-state index contributed by atoms with van der Waals surface area (Å²) in [5.74, 6) is -0.800. The number of non-ortho nitro benzene ring substituents is 2. The van der Waals surface area contributed by atoms with E-state index < -0.39 is 39.5 Å². The molecule has 1 amide bonds. The molecule has 2 rings (SSSR count). The SMILES string of the molecule is Cc1ccc(OCC(=O)NCC(=O)c2cc([N+](=O)[O-])cc([N+](=O)[O-])c2)cc1. The maximum Gasteiger partial charge on any atom is 0.277 e. The Kier molecular flexibility index (Phi) is 6.15. The second-order valence-corrected chi connectivity index (χ2v) is 5.55. The largest absolute Gasteiger partial charge is 0.484 e. The summed E-state index contributed by atoms with van der Waals surface area (Å²) in [5.41, 5.74) is -0.373. The van der Waals surface area contributed by atoms with Crippen LogP contribution < -0.4 is 10.1 Å². The number of amides is 1. The Morgan fingerprint density at radius 2 is 1.56 bits per heavy atom. The van der Waals surface area contributed by atoms with Crippen molar-refractivity contribution in [2.75, 3.05) is 13.2 Å². The van der Waals surface area contributed by atoms with Crippen LogP contribution in [-0.4, -0.2) is 34.7 Å². The van der Waals surface area contributed by atoms with E-state index in [2.05, 4.69) is 5.32 Å². The molecule has 10 nitrogen and oxygen atoms in total. The van der Waals surface area contributed by atoms with E-state index in [-0.39, 0.29) is 12.2 Å². The second kappa shape index (κ2) is 8.52. The molecule has 0 aliphatic carbocycles. The molecule has 140 valence electrons. The van der Waals surface area contributed by atoms with Gasteiger partial charge in [0.25, 0.3) is 17.3 Å². The molecule has 0 fully saturated rings. The number of aryl methyl sites for hydroxylation is 1. The fourth-order valence-corrected chi connectivity index (χ4v) is 2.08. The van der Waals surface area contributed by atoms with Crippen LogP contribution in [0.1, 0.15) is 15.9 Å². The van der Waals surface area contributed by atoms with Crippen LogP contribution in [0.2, 0.25) is 0 Å². The summed E-state index contributed by atoms with van der Waals surface area (Å²) in [4.78, 5) is 43.9. The van der Waals surface area contributed by atoms with Crippen molar-refractivity contribution in [2.24, 2.45) is 0 Å². The van der Waals surface area contributed by atoms with Gasteiger partial charge < -0.3 is 10.1 Å². The highest BCUT2D eigenvalue weighted by Crippen LogP contribution is 2.22. The lowest BCUT2D eigenvalue weighted by atomic mass is 10.1. The number of hydrogen-bond acceptors (Lipinski definition) is 7. The summed E-state index contributed by atoms with van der Waals surface area (Å²) in [6.07, 6.45) is 0. The molecule has 0 atom stereocenters. The number of benzene rings is 2. The van der Waals surface area contributed by atoms with Crippen LogP contribution in [0, 0.1) is 27.2 Å². The molecule has 0 unspecified atom stereocenters. The molecule has 0 heterocycles. The number of rotatable bonds is 8. The van der Waals surface area contributed by atoms with Crippen LogP contribution in [0.3, 0.4) is 0 Å². The summed E-state index contributed by atoms with van der Waals surface area (Å²) < 4.78 is 5.26. The van der Waals surface area contributed by atoms with E-state index in [1.54, 1.807) is 12.1 Å². The highest BCUT2D eigenvalue weighted by atomic mass is 16.6. The Morgan fingerprint density at radius 1 is 1.00 bits per heavy atom. The third kappa shape index (κ3) is 5.59. The van der Waals surface area contributed by atoms with Gasteiger partial charge in [-0.05, 0) is 19.1 Å². The van der Waals surface area contributed by atoms with E-state index in [9.17, 15) is 29.8 Å². The first kappa shape index (κ1) is 19.5. The Labute approximate surface area is 153 Å². The first-order chi connectivity index (χ1) is 12.8. The molecular weight excluding hydrogens is 358 g/mol. The van der Waals surface area contributed by atoms with Crippen molar-refractivity contribution in [2.45, 2.75) is 6.92 Å². The smallest absolute Gasteiger partial charge is 0.277 e. The molecule has 1 N–H and O–H groups in total. The van der Waals surface area contributed by atoms with Crippen LogP contribution in [0.25, 0.3) is 0 Å². The van der Waals surface area contributed by atoms with Crippen LogP contribution in [0.15, 0.2) is 42.5 Å². The van der Waals surface area contributed by atoms with Crippen LogP contribution in [0.5, 0.6) is 5.75 Å². The maximum absolute atomic E-state index is 12.1. The maximum atomic E-state index is 12.1. The Balaban J connectivity index is 1.96. The van der Waals surface area contributed by atoms with E-state index in [1.165, 1.54) is 0 Å². The molecule has 0 bridgehead atoms. The zero-order valence-electron chi connectivity index (χ0n) is 14.2. The number of nitro groups is 2. The fraction of sp³-hybridized carbons (Fsp3) is 0.176. The van der Waals surface area contributed by atoms with Gasteiger partial charge in [-0.25, -0.2) is 0 Å². The van der Waals surface area contributed by atoms with Gasteiger partial charge in [0.1, 0.15) is 5.75 Å². The van der Waals surface area contributed by atoms with Crippen molar-refractivity contribution in [3.63, 3.8) is 0 Å². The van der Waals surface area contributed by atoms with Crippen molar-refractivity contribution < 1.29 is 24.2 Å². The minimum atomic E-state index is -0.836. The van der Waals surface area contributed by atoms with Gasteiger partial charge in [-0.15, -0.1) is 0 Å². The number of nitrogens with one attached hydrogen (secondary N) is 1. The first-order valence-corrected chi connectivity index (χ1v) is 7.69. The molecule has 2 aromatic rings. The molecule has 0 radical (unpaired) electrons. The summed E-state index contributed by atoms with van der Waals surface area (Å²) in [7, 11) is 0. The van der Waals surface area contributed by atoms with E-state index >= 15 is 0 Å². The lowest BCUT2D eigenvalue weighted by Gasteiger charge is -2.07. The van der Waals surface area contributed by atoms with Crippen molar-refractivity contribution in [1.29, 1.82) is 0 Å². The predicted octanol–water partition coefficient (Wildman–Crippen LogP) is 2.19. The second-order valence-electron chi connectivity index (χ2n) is 5.55. The summed E-state index contributed by atoms with van der Waals surface area (Å²) in [6, 6.07) is 9.60. The van der Waals surface area contributed by atoms with E-state index in [0.29, 0.717) is 5.75 Å². The molecule has 0 spiro atoms. The fourth-order valence-electron chi connectivity index (χ4n) is 2.08. The van der Waals surface area contributed by atoms with Gasteiger partial charge in [0.05, 0.1) is 22.5 Å². The quantitative estimate of drug-likeness (QED) is 0.424. The molecule has 27 heavy (non-hydrogen) atoms. The molecule has 0 aliphatic rings. The summed E-state index contributed by atoms with van der Waals surface area (Å²) in [5, 5.41) is 24.0. The van der Waals surface area contributed by atoms with Crippen molar-refractivity contribution in [3.8, 4) is 5.75 Å². The standard InChI is InChI=1S/C17H15N3O7/c1-11-2-4-15(5-3-11)27-10-17(22)18-9-16(21)12-6-13(19(23)24)8-14(7-12)20(25)26/h2-8H,9-10H2,1H3,(H,18,22). The van der Waals surface area contributed by atoms with Gasteiger partial charge in [-0.3, -0.25) is 29.8 Å². The molecule has 0 aromatic heterocycles. The van der Waals surface area contributed by atoms with Crippen LogP contribution >= 0.6 is 0 Å². The molecule has 0 saturated heterocycles. The predicted molar refractivity (Wildman–Crippen MR) is 93.8 cm³/mol. The third-order valence-electron chi connectivity index (χ3n) is 3.48. The van der Waals surface area contributed by atoms with Crippen molar-refractivity contribution in [1.82, 2.24) is 5.32 Å². The van der Waals surface area contributed by atoms with Crippen LogP contribution in [0.4, 0.5) is 11.4 Å². The number of nitro benzene ring substituents is 2. The van der Waals surface area contributed by atoms with E-state index in [1.807, 2.05) is 19.1 Å². The minimum Gasteiger partial charge on any atom is -0.484 e. The Bertz CT molecular complexity index is 862. The van der Waals surface area contributed by atoms with E-state index in [0.717, 1.165) is 23.8 Å². The summed E-state index contributed by atoms with van der Waals surface area (Å²) >= 11 is 0. The number of nitrogens with zero attached hydrogens (tertiary/aromatic N) is 2. The number of hydrogen-bond donors (Lipinski definition) is 1. The lowest BCUT2D eigenvalue weighted by molar-refractivity contribution is -0.394. The average Bonchev–Trinajstić information content (AvgIpc) is 2.65. The molecule has 10 heteroatoms. The Hall–Kier alpha value is -3.82.